The van der Waals surface area contributed by atoms with Gasteiger partial charge in [-0.3, -0.25) is 0 Å². The van der Waals surface area contributed by atoms with Crippen molar-refractivity contribution < 1.29 is 9.50 Å². The van der Waals surface area contributed by atoms with E-state index in [9.17, 15) is 9.50 Å². The highest BCUT2D eigenvalue weighted by molar-refractivity contribution is 5.28. The molecule has 0 aromatic heterocycles. The molecule has 0 saturated heterocycles. The van der Waals surface area contributed by atoms with Crippen molar-refractivity contribution in [2.45, 2.75) is 25.9 Å². The zero-order valence-electron chi connectivity index (χ0n) is 11.9. The summed E-state index contributed by atoms with van der Waals surface area (Å²) < 4.78 is 13.1. The number of benzene rings is 2. The summed E-state index contributed by atoms with van der Waals surface area (Å²) in [5.41, 5.74) is 2.46. The first-order chi connectivity index (χ1) is 9.55. The minimum Gasteiger partial charge on any atom is -0.394 e. The molecule has 0 aliphatic rings. The van der Waals surface area contributed by atoms with Gasteiger partial charge in [0.15, 0.2) is 0 Å². The van der Waals surface area contributed by atoms with Crippen LogP contribution in [0, 0.1) is 12.7 Å². The van der Waals surface area contributed by atoms with Gasteiger partial charge in [-0.15, -0.1) is 0 Å². The molecule has 1 atom stereocenters. The van der Waals surface area contributed by atoms with Gasteiger partial charge in [-0.1, -0.05) is 36.4 Å². The Balaban J connectivity index is 2.15. The molecule has 0 spiro atoms. The van der Waals surface area contributed by atoms with Crippen molar-refractivity contribution in [1.82, 2.24) is 5.32 Å². The molecule has 2 N–H and O–H groups in total. The summed E-state index contributed by atoms with van der Waals surface area (Å²) in [6.45, 7) is 4.43. The zero-order valence-corrected chi connectivity index (χ0v) is 11.9. The number of hydrogen-bond donors (Lipinski definition) is 2. The number of halogens is 1. The van der Waals surface area contributed by atoms with Gasteiger partial charge in [0.05, 0.1) is 12.1 Å². The molecule has 0 radical (unpaired) electrons. The average molecular weight is 273 g/mol. The maximum Gasteiger partial charge on any atom is 0.123 e. The quantitative estimate of drug-likeness (QED) is 0.877. The first-order valence-corrected chi connectivity index (χ1v) is 6.71. The molecule has 0 aliphatic heterocycles. The Morgan fingerprint density at radius 1 is 1.15 bits per heavy atom. The highest BCUT2D eigenvalue weighted by atomic mass is 19.1. The lowest BCUT2D eigenvalue weighted by molar-refractivity contribution is 0.173. The molecule has 20 heavy (non-hydrogen) atoms. The summed E-state index contributed by atoms with van der Waals surface area (Å²) in [4.78, 5) is 0. The second-order valence-electron chi connectivity index (χ2n) is 5.28. The molecule has 2 aromatic carbocycles. The first-order valence-electron chi connectivity index (χ1n) is 6.71. The number of hydrogen-bond acceptors (Lipinski definition) is 2. The molecule has 0 amide bonds. The number of aliphatic hydroxyl groups excluding tert-OH is 1. The van der Waals surface area contributed by atoms with Crippen LogP contribution in [0.15, 0.2) is 48.5 Å². The van der Waals surface area contributed by atoms with Gasteiger partial charge in [0.2, 0.25) is 0 Å². The Hall–Kier alpha value is -1.71. The van der Waals surface area contributed by atoms with Crippen LogP contribution >= 0.6 is 0 Å². The third-order valence-corrected chi connectivity index (χ3v) is 3.70. The Morgan fingerprint density at radius 3 is 2.45 bits per heavy atom. The largest absolute Gasteiger partial charge is 0.394 e. The second-order valence-corrected chi connectivity index (χ2v) is 5.28. The van der Waals surface area contributed by atoms with E-state index >= 15 is 0 Å². The predicted molar refractivity (Wildman–Crippen MR) is 78.9 cm³/mol. The van der Waals surface area contributed by atoms with E-state index in [1.54, 1.807) is 6.07 Å². The molecule has 0 fully saturated rings. The van der Waals surface area contributed by atoms with Crippen LogP contribution in [-0.2, 0) is 12.1 Å². The van der Waals surface area contributed by atoms with E-state index in [1.165, 1.54) is 12.1 Å². The Kier molecular flexibility index (Phi) is 4.53. The third-order valence-electron chi connectivity index (χ3n) is 3.70. The second kappa shape index (κ2) is 6.16. The van der Waals surface area contributed by atoms with Crippen molar-refractivity contribution in [2.24, 2.45) is 0 Å². The highest BCUT2D eigenvalue weighted by Gasteiger charge is 2.24. The Bertz CT molecular complexity index is 570. The average Bonchev–Trinajstić information content (AvgIpc) is 2.47. The zero-order chi connectivity index (χ0) is 14.6. The lowest BCUT2D eigenvalue weighted by Crippen LogP contribution is -2.42. The summed E-state index contributed by atoms with van der Waals surface area (Å²) >= 11 is 0. The highest BCUT2D eigenvalue weighted by Crippen LogP contribution is 2.21. The number of nitrogens with one attached hydrogen (secondary N) is 1. The van der Waals surface area contributed by atoms with Crippen LogP contribution in [0.5, 0.6) is 0 Å². The van der Waals surface area contributed by atoms with Gasteiger partial charge in [-0.2, -0.15) is 0 Å². The topological polar surface area (TPSA) is 32.3 Å². The van der Waals surface area contributed by atoms with Crippen molar-refractivity contribution in [3.05, 3.63) is 71.0 Å². The van der Waals surface area contributed by atoms with E-state index in [0.29, 0.717) is 6.54 Å². The van der Waals surface area contributed by atoms with Crippen molar-refractivity contribution in [3.8, 4) is 0 Å². The van der Waals surface area contributed by atoms with Crippen molar-refractivity contribution in [3.63, 3.8) is 0 Å². The molecule has 106 valence electrons. The maximum absolute atomic E-state index is 13.1. The summed E-state index contributed by atoms with van der Waals surface area (Å²) in [5.74, 6) is -0.223. The summed E-state index contributed by atoms with van der Waals surface area (Å²) in [6.07, 6.45) is 0. The minimum atomic E-state index is -0.512. The lowest BCUT2D eigenvalue weighted by atomic mass is 9.92. The third kappa shape index (κ3) is 3.24. The number of aliphatic hydroxyl groups is 1. The van der Waals surface area contributed by atoms with Gasteiger partial charge in [-0.05, 0) is 42.7 Å². The Labute approximate surface area is 119 Å². The van der Waals surface area contributed by atoms with Crippen LogP contribution in [-0.4, -0.2) is 11.7 Å². The van der Waals surface area contributed by atoms with Crippen LogP contribution < -0.4 is 5.32 Å². The van der Waals surface area contributed by atoms with Gasteiger partial charge >= 0.3 is 0 Å². The summed E-state index contributed by atoms with van der Waals surface area (Å²) in [7, 11) is 0. The van der Waals surface area contributed by atoms with E-state index in [1.807, 2.05) is 44.2 Å². The van der Waals surface area contributed by atoms with Gasteiger partial charge in [0, 0.05) is 6.54 Å². The van der Waals surface area contributed by atoms with Gasteiger partial charge in [0.25, 0.3) is 0 Å². The molecular weight excluding hydrogens is 253 g/mol. The van der Waals surface area contributed by atoms with Crippen molar-refractivity contribution in [2.75, 3.05) is 6.61 Å². The lowest BCUT2D eigenvalue weighted by Gasteiger charge is -2.30. The molecule has 0 heterocycles. The molecule has 2 rings (SSSR count). The summed E-state index contributed by atoms with van der Waals surface area (Å²) in [6, 6.07) is 14.6. The summed E-state index contributed by atoms with van der Waals surface area (Å²) in [5, 5.41) is 13.1. The maximum atomic E-state index is 13.1. The minimum absolute atomic E-state index is 0.00272. The molecular formula is C17H20FNO. The van der Waals surface area contributed by atoms with Crippen LogP contribution in [0.2, 0.25) is 0 Å². The smallest absolute Gasteiger partial charge is 0.123 e. The molecule has 0 bridgehead atoms. The molecule has 2 aromatic rings. The standard InChI is InChI=1S/C17H20FNO/c1-13-10-16(18)9-8-14(13)11-19-17(2,12-20)15-6-4-3-5-7-15/h3-10,19-20H,11-12H2,1-2H3. The van der Waals surface area contributed by atoms with Crippen LogP contribution in [0.1, 0.15) is 23.6 Å². The number of rotatable bonds is 5. The van der Waals surface area contributed by atoms with E-state index in [2.05, 4.69) is 5.32 Å². The van der Waals surface area contributed by atoms with Crippen LogP contribution in [0.25, 0.3) is 0 Å². The van der Waals surface area contributed by atoms with E-state index < -0.39 is 5.54 Å². The van der Waals surface area contributed by atoms with Crippen LogP contribution in [0.4, 0.5) is 4.39 Å². The fraction of sp³-hybridized carbons (Fsp3) is 0.294. The predicted octanol–water partition coefficient (Wildman–Crippen LogP) is 3.13. The van der Waals surface area contributed by atoms with Gasteiger partial charge < -0.3 is 10.4 Å². The van der Waals surface area contributed by atoms with Gasteiger partial charge in [-0.25, -0.2) is 4.39 Å². The van der Waals surface area contributed by atoms with E-state index in [-0.39, 0.29) is 12.4 Å². The molecule has 3 heteroatoms. The number of aryl methyl sites for hydroxylation is 1. The van der Waals surface area contributed by atoms with Crippen LogP contribution in [0.3, 0.4) is 0 Å². The first kappa shape index (κ1) is 14.7. The monoisotopic (exact) mass is 273 g/mol. The Morgan fingerprint density at radius 2 is 1.85 bits per heavy atom. The fourth-order valence-corrected chi connectivity index (χ4v) is 2.20. The molecule has 1 unspecified atom stereocenters. The van der Waals surface area contributed by atoms with Gasteiger partial charge in [0.1, 0.15) is 5.82 Å². The SMILES string of the molecule is Cc1cc(F)ccc1CNC(C)(CO)c1ccccc1. The van der Waals surface area contributed by atoms with Crippen molar-refractivity contribution in [1.29, 1.82) is 0 Å². The molecule has 0 saturated carbocycles. The van der Waals surface area contributed by atoms with E-state index in [0.717, 1.165) is 16.7 Å². The van der Waals surface area contributed by atoms with E-state index in [4.69, 9.17) is 0 Å². The van der Waals surface area contributed by atoms with Crippen molar-refractivity contribution >= 4 is 0 Å². The normalized spacial score (nSPS) is 14.0. The molecule has 0 aliphatic carbocycles. The fourth-order valence-electron chi connectivity index (χ4n) is 2.20. The molecule has 2 nitrogen and oxygen atoms in total.